The second kappa shape index (κ2) is 22.8. The van der Waals surface area contributed by atoms with Gasteiger partial charge in [-0.2, -0.15) is 0 Å². The molecule has 2 saturated heterocycles. The lowest BCUT2D eigenvalue weighted by Crippen LogP contribution is -2.52. The Morgan fingerprint density at radius 1 is 0.897 bits per heavy atom. The van der Waals surface area contributed by atoms with Crippen molar-refractivity contribution in [1.29, 1.82) is 0 Å². The standard InChI is InChI=1S/C50H61N11O7/c1-34(54-46(63)36-11-7-12-37(30-36)57-50(19-23-60(2)24-20-50)49-56-45(58-59-49)42-18-21-51-33-53-42)35-10-8-13-38(31-35)68-26-6-4-3-5-25-66-28-29-67-27-22-52-41-15-9-14-39-40(41)32-61(48(39)65)43-16-17-44(62)55-47(43)64/h7-15,18,21,30-31,33-34,43,52,57H,3-6,16-17,19-20,22-29,32H2,1-2H3,(H,54,63)(H,55,62,64)(H,56,58,59)/t34-,43?/m1/s1. The van der Waals surface area contributed by atoms with Crippen LogP contribution in [0.4, 0.5) is 11.4 Å². The van der Waals surface area contributed by atoms with Gasteiger partial charge in [0.2, 0.25) is 11.8 Å². The Bertz CT molecular complexity index is 2510. The van der Waals surface area contributed by atoms with E-state index in [-0.39, 0.29) is 30.2 Å². The van der Waals surface area contributed by atoms with Gasteiger partial charge in [-0.15, -0.1) is 10.2 Å². The van der Waals surface area contributed by atoms with E-state index in [0.29, 0.717) is 75.2 Å². The van der Waals surface area contributed by atoms with Crippen LogP contribution in [0.3, 0.4) is 0 Å². The van der Waals surface area contributed by atoms with E-state index >= 15 is 0 Å². The molecule has 2 fully saturated rings. The number of benzene rings is 3. The molecule has 358 valence electrons. The number of amides is 4. The number of hydrogen-bond donors (Lipinski definition) is 5. The minimum atomic E-state index is -0.642. The van der Waals surface area contributed by atoms with Crippen molar-refractivity contribution >= 4 is 35.0 Å². The van der Waals surface area contributed by atoms with Gasteiger partial charge in [0.15, 0.2) is 11.6 Å². The van der Waals surface area contributed by atoms with E-state index in [1.54, 1.807) is 23.2 Å². The Kier molecular flexibility index (Phi) is 16.0. The molecular weight excluding hydrogens is 867 g/mol. The summed E-state index contributed by atoms with van der Waals surface area (Å²) in [4.78, 5) is 66.2. The molecule has 5 heterocycles. The minimum absolute atomic E-state index is 0.171. The lowest BCUT2D eigenvalue weighted by molar-refractivity contribution is -0.136. The third-order valence-corrected chi connectivity index (χ3v) is 12.8. The van der Waals surface area contributed by atoms with Crippen molar-refractivity contribution in [3.8, 4) is 17.3 Å². The number of hydrogen-bond acceptors (Lipinski definition) is 14. The summed E-state index contributed by atoms with van der Waals surface area (Å²) >= 11 is 0. The molecule has 0 aliphatic carbocycles. The molecule has 8 rings (SSSR count). The first kappa shape index (κ1) is 47.7. The summed E-state index contributed by atoms with van der Waals surface area (Å²) in [5, 5.41) is 21.6. The van der Waals surface area contributed by atoms with Gasteiger partial charge >= 0.3 is 0 Å². The Hall–Kier alpha value is -6.76. The van der Waals surface area contributed by atoms with Crippen molar-refractivity contribution < 1.29 is 33.4 Å². The number of aromatic amines is 1. The van der Waals surface area contributed by atoms with E-state index in [2.05, 4.69) is 58.4 Å². The zero-order valence-corrected chi connectivity index (χ0v) is 38.8. The fourth-order valence-electron chi connectivity index (χ4n) is 8.88. The van der Waals surface area contributed by atoms with Gasteiger partial charge in [0.05, 0.1) is 38.0 Å². The molecule has 0 radical (unpaired) electrons. The van der Waals surface area contributed by atoms with Crippen LogP contribution in [-0.2, 0) is 31.1 Å². The number of nitrogens with one attached hydrogen (secondary N) is 5. The first-order valence-electron chi connectivity index (χ1n) is 23.6. The number of nitrogens with zero attached hydrogens (tertiary/aromatic N) is 6. The van der Waals surface area contributed by atoms with Gasteiger partial charge in [-0.25, -0.2) is 9.97 Å². The molecule has 0 saturated carbocycles. The second-order valence-corrected chi connectivity index (χ2v) is 17.6. The van der Waals surface area contributed by atoms with Crippen molar-refractivity contribution in [3.05, 3.63) is 113 Å². The van der Waals surface area contributed by atoms with Crippen LogP contribution in [0.2, 0.25) is 0 Å². The molecule has 2 atom stereocenters. The maximum atomic E-state index is 13.6. The van der Waals surface area contributed by atoms with Crippen LogP contribution in [0, 0.1) is 0 Å². The van der Waals surface area contributed by atoms with Gasteiger partial charge in [0.1, 0.15) is 23.8 Å². The molecule has 2 aromatic heterocycles. The van der Waals surface area contributed by atoms with Crippen LogP contribution in [0.15, 0.2) is 85.3 Å². The number of rotatable bonds is 23. The highest BCUT2D eigenvalue weighted by atomic mass is 16.5. The second-order valence-electron chi connectivity index (χ2n) is 17.6. The Balaban J connectivity index is 0.693. The van der Waals surface area contributed by atoms with E-state index in [4.69, 9.17) is 14.2 Å². The number of anilines is 2. The Morgan fingerprint density at radius 3 is 2.50 bits per heavy atom. The van der Waals surface area contributed by atoms with Crippen LogP contribution in [-0.4, -0.2) is 124 Å². The van der Waals surface area contributed by atoms with E-state index in [1.807, 2.05) is 67.6 Å². The summed E-state index contributed by atoms with van der Waals surface area (Å²) in [5.41, 5.74) is 4.75. The van der Waals surface area contributed by atoms with Crippen LogP contribution in [0.1, 0.15) is 102 Å². The predicted molar refractivity (Wildman–Crippen MR) is 255 cm³/mol. The van der Waals surface area contributed by atoms with Crippen molar-refractivity contribution in [2.75, 3.05) is 70.3 Å². The first-order chi connectivity index (χ1) is 33.2. The molecular formula is C50H61N11O7. The number of unbranched alkanes of at least 4 members (excludes halogenated alkanes) is 3. The lowest BCUT2D eigenvalue weighted by Gasteiger charge is -2.40. The van der Waals surface area contributed by atoms with E-state index in [0.717, 1.165) is 85.7 Å². The predicted octanol–water partition coefficient (Wildman–Crippen LogP) is 5.63. The molecule has 18 heteroatoms. The number of fused-ring (bicyclic) bond motifs is 1. The third-order valence-electron chi connectivity index (χ3n) is 12.8. The Labute approximate surface area is 396 Å². The summed E-state index contributed by atoms with van der Waals surface area (Å²) in [5.74, 6) is 1.00. The fraction of sp³-hybridized carbons (Fsp3) is 0.440. The molecule has 0 bridgehead atoms. The number of aromatic nitrogens is 5. The van der Waals surface area contributed by atoms with Crippen molar-refractivity contribution in [3.63, 3.8) is 0 Å². The number of carbonyl (C=O) groups is 4. The number of piperidine rings is 2. The van der Waals surface area contributed by atoms with Gasteiger partial charge in [-0.05, 0) is 107 Å². The van der Waals surface area contributed by atoms with Gasteiger partial charge in [-0.3, -0.25) is 24.5 Å². The number of ether oxygens (including phenoxy) is 3. The van der Waals surface area contributed by atoms with E-state index in [1.165, 1.54) is 6.33 Å². The van der Waals surface area contributed by atoms with Crippen LogP contribution >= 0.6 is 0 Å². The molecule has 68 heavy (non-hydrogen) atoms. The largest absolute Gasteiger partial charge is 0.494 e. The summed E-state index contributed by atoms with van der Waals surface area (Å²) in [7, 11) is 2.11. The molecule has 3 aromatic carbocycles. The average Bonchev–Trinajstić information content (AvgIpc) is 3.99. The van der Waals surface area contributed by atoms with Crippen LogP contribution < -0.4 is 26.0 Å². The zero-order chi connectivity index (χ0) is 47.3. The minimum Gasteiger partial charge on any atom is -0.494 e. The lowest BCUT2D eigenvalue weighted by atomic mass is 9.86. The maximum Gasteiger partial charge on any atom is 0.255 e. The fourth-order valence-corrected chi connectivity index (χ4v) is 8.88. The van der Waals surface area contributed by atoms with Crippen molar-refractivity contribution in [1.82, 2.24) is 45.6 Å². The smallest absolute Gasteiger partial charge is 0.255 e. The van der Waals surface area contributed by atoms with Gasteiger partial charge < -0.3 is 44.9 Å². The SMILES string of the molecule is C[C@@H](NC(=O)c1cccc(NC2(c3nnc(-c4ccncn4)[nH]3)CCN(C)CC2)c1)c1cccc(OCCCCCCOCCOCCNc2cccc3c2CN(C2CCC(=O)NC2=O)C3=O)c1. The van der Waals surface area contributed by atoms with Gasteiger partial charge in [0.25, 0.3) is 11.8 Å². The molecule has 5 N–H and O–H groups in total. The number of likely N-dealkylation sites (tertiary alicyclic amines) is 1. The molecule has 18 nitrogen and oxygen atoms in total. The van der Waals surface area contributed by atoms with Crippen molar-refractivity contribution in [2.24, 2.45) is 0 Å². The summed E-state index contributed by atoms with van der Waals surface area (Å²) in [6.45, 7) is 7.32. The number of H-pyrrole nitrogens is 1. The topological polar surface area (TPSA) is 218 Å². The van der Waals surface area contributed by atoms with E-state index < -0.39 is 17.5 Å². The summed E-state index contributed by atoms with van der Waals surface area (Å²) < 4.78 is 17.6. The zero-order valence-electron chi connectivity index (χ0n) is 38.8. The normalized spacial score (nSPS) is 17.4. The highest BCUT2D eigenvalue weighted by molar-refractivity contribution is 6.06. The molecule has 5 aromatic rings. The molecule has 3 aliphatic heterocycles. The van der Waals surface area contributed by atoms with Crippen molar-refractivity contribution in [2.45, 2.75) is 82.5 Å². The summed E-state index contributed by atoms with van der Waals surface area (Å²) in [6.07, 6.45) is 9.24. The quantitative estimate of drug-likeness (QED) is 0.0397. The number of carbonyl (C=O) groups excluding carboxylic acids is 4. The van der Waals surface area contributed by atoms with E-state index in [9.17, 15) is 19.2 Å². The van der Waals surface area contributed by atoms with Gasteiger partial charge in [-0.1, -0.05) is 30.7 Å². The van der Waals surface area contributed by atoms with Crippen LogP contribution in [0.25, 0.3) is 11.5 Å². The number of imide groups is 1. The Morgan fingerprint density at radius 2 is 1.69 bits per heavy atom. The summed E-state index contributed by atoms with van der Waals surface area (Å²) in [6, 6.07) is 21.9. The highest BCUT2D eigenvalue weighted by Crippen LogP contribution is 2.36. The average molecular weight is 928 g/mol. The monoisotopic (exact) mass is 927 g/mol. The van der Waals surface area contributed by atoms with Gasteiger partial charge in [0, 0.05) is 73.5 Å². The molecule has 1 unspecified atom stereocenters. The maximum absolute atomic E-state index is 13.6. The molecule has 4 amide bonds. The first-order valence-corrected chi connectivity index (χ1v) is 23.6. The highest BCUT2D eigenvalue weighted by Gasteiger charge is 2.41. The molecule has 0 spiro atoms. The van der Waals surface area contributed by atoms with Crippen LogP contribution in [0.5, 0.6) is 5.75 Å². The molecule has 3 aliphatic rings. The third kappa shape index (κ3) is 12.0.